The van der Waals surface area contributed by atoms with Crippen molar-refractivity contribution < 1.29 is 13.2 Å². The van der Waals surface area contributed by atoms with Gasteiger partial charge in [0.05, 0.1) is 5.56 Å². The highest BCUT2D eigenvalue weighted by atomic mass is 19.1. The predicted molar refractivity (Wildman–Crippen MR) is 118 cm³/mol. The fraction of sp³-hybridized carbons (Fsp3) is 0.0741. The van der Waals surface area contributed by atoms with Gasteiger partial charge in [-0.05, 0) is 53.1 Å². The van der Waals surface area contributed by atoms with Crippen LogP contribution in [0.1, 0.15) is 17.5 Å². The van der Waals surface area contributed by atoms with Crippen molar-refractivity contribution in [2.75, 3.05) is 0 Å². The molecule has 0 atom stereocenters. The second-order valence-electron chi connectivity index (χ2n) is 7.31. The van der Waals surface area contributed by atoms with Crippen molar-refractivity contribution in [1.82, 2.24) is 0 Å². The maximum absolute atomic E-state index is 15.2. The lowest BCUT2D eigenvalue weighted by Crippen LogP contribution is -1.92. The molecule has 0 saturated heterocycles. The minimum atomic E-state index is -0.712. The minimum absolute atomic E-state index is 0.105. The summed E-state index contributed by atoms with van der Waals surface area (Å²) in [7, 11) is 0. The third-order valence-corrected chi connectivity index (χ3v) is 5.34. The monoisotopic (exact) mass is 413 g/mol. The first-order valence-electron chi connectivity index (χ1n) is 9.84. The van der Waals surface area contributed by atoms with Crippen LogP contribution >= 0.6 is 0 Å². The number of benzene rings is 4. The van der Waals surface area contributed by atoms with Gasteiger partial charge in [0.2, 0.25) is 0 Å². The van der Waals surface area contributed by atoms with Gasteiger partial charge in [-0.15, -0.1) is 6.58 Å². The standard InChI is InChI=1S/C27H18F3N/c1-2-3-4-17-5-10-23-18(13-17)9-12-24(27(23)30)20-8-11-22(26(29)15-20)19-6-7-21(16-31)25(28)14-19/h2,5-15H,1,3-4H2. The molecule has 4 heteroatoms. The van der Waals surface area contributed by atoms with Crippen molar-refractivity contribution in [3.8, 4) is 28.3 Å². The molecule has 0 aliphatic heterocycles. The normalized spacial score (nSPS) is 10.8. The van der Waals surface area contributed by atoms with E-state index < -0.39 is 17.5 Å². The van der Waals surface area contributed by atoms with Crippen molar-refractivity contribution in [2.45, 2.75) is 12.8 Å². The SMILES string of the molecule is C=CCCc1ccc2c(F)c(-c3ccc(-c4ccc(C#N)c(F)c4)c(F)c3)ccc2c1. The quantitative estimate of drug-likeness (QED) is 0.309. The molecule has 0 aromatic heterocycles. The average molecular weight is 413 g/mol. The summed E-state index contributed by atoms with van der Waals surface area (Å²) >= 11 is 0. The molecule has 4 aromatic rings. The summed E-state index contributed by atoms with van der Waals surface area (Å²) in [5, 5.41) is 10.1. The molecule has 4 aromatic carbocycles. The van der Waals surface area contributed by atoms with Crippen molar-refractivity contribution >= 4 is 10.8 Å². The van der Waals surface area contributed by atoms with Gasteiger partial charge in [0, 0.05) is 16.5 Å². The number of hydrogen-bond donors (Lipinski definition) is 0. The Kier molecular flexibility index (Phi) is 5.60. The molecule has 0 spiro atoms. The lowest BCUT2D eigenvalue weighted by Gasteiger charge is -2.11. The van der Waals surface area contributed by atoms with Crippen molar-refractivity contribution in [2.24, 2.45) is 0 Å². The van der Waals surface area contributed by atoms with Gasteiger partial charge in [0.25, 0.3) is 0 Å². The number of allylic oxidation sites excluding steroid dienone is 1. The molecule has 31 heavy (non-hydrogen) atoms. The van der Waals surface area contributed by atoms with E-state index in [9.17, 15) is 8.78 Å². The molecular formula is C27H18F3N. The average Bonchev–Trinajstić information content (AvgIpc) is 2.77. The van der Waals surface area contributed by atoms with E-state index in [0.717, 1.165) is 29.9 Å². The molecule has 0 fully saturated rings. The van der Waals surface area contributed by atoms with E-state index in [0.29, 0.717) is 22.1 Å². The Morgan fingerprint density at radius 3 is 2.23 bits per heavy atom. The third-order valence-electron chi connectivity index (χ3n) is 5.34. The summed E-state index contributed by atoms with van der Waals surface area (Å²) < 4.78 is 44.0. The Morgan fingerprint density at radius 2 is 1.52 bits per heavy atom. The molecule has 0 N–H and O–H groups in total. The van der Waals surface area contributed by atoms with Gasteiger partial charge in [-0.25, -0.2) is 13.2 Å². The summed E-state index contributed by atoms with van der Waals surface area (Å²) in [6, 6.07) is 19.1. The number of hydrogen-bond acceptors (Lipinski definition) is 1. The van der Waals surface area contributed by atoms with Crippen LogP contribution in [-0.4, -0.2) is 0 Å². The molecule has 0 aliphatic carbocycles. The molecule has 0 saturated carbocycles. The van der Waals surface area contributed by atoms with E-state index in [-0.39, 0.29) is 11.1 Å². The molecular weight excluding hydrogens is 395 g/mol. The van der Waals surface area contributed by atoms with Crippen LogP contribution in [0.3, 0.4) is 0 Å². The fourth-order valence-electron chi connectivity index (χ4n) is 3.68. The fourth-order valence-corrected chi connectivity index (χ4v) is 3.68. The molecule has 0 amide bonds. The van der Waals surface area contributed by atoms with Gasteiger partial charge in [-0.3, -0.25) is 0 Å². The van der Waals surface area contributed by atoms with Crippen LogP contribution in [0.5, 0.6) is 0 Å². The topological polar surface area (TPSA) is 23.8 Å². The van der Waals surface area contributed by atoms with Gasteiger partial charge in [0.15, 0.2) is 0 Å². The summed E-state index contributed by atoms with van der Waals surface area (Å²) in [5.74, 6) is -1.72. The highest BCUT2D eigenvalue weighted by molar-refractivity contribution is 5.89. The molecule has 0 aliphatic rings. The Bertz CT molecular complexity index is 1350. The zero-order valence-electron chi connectivity index (χ0n) is 16.6. The van der Waals surface area contributed by atoms with Gasteiger partial charge < -0.3 is 0 Å². The van der Waals surface area contributed by atoms with Crippen LogP contribution in [0.25, 0.3) is 33.0 Å². The van der Waals surface area contributed by atoms with Crippen LogP contribution in [0.2, 0.25) is 0 Å². The maximum Gasteiger partial charge on any atom is 0.141 e. The number of aryl methyl sites for hydroxylation is 1. The van der Waals surface area contributed by atoms with Crippen LogP contribution in [-0.2, 0) is 6.42 Å². The molecule has 152 valence electrons. The molecule has 1 nitrogen and oxygen atoms in total. The lowest BCUT2D eigenvalue weighted by molar-refractivity contribution is 0.622. The Balaban J connectivity index is 1.72. The van der Waals surface area contributed by atoms with E-state index in [1.165, 1.54) is 24.3 Å². The molecule has 4 rings (SSSR count). The van der Waals surface area contributed by atoms with Crippen molar-refractivity contribution in [3.63, 3.8) is 0 Å². The second-order valence-corrected chi connectivity index (χ2v) is 7.31. The number of fused-ring (bicyclic) bond motifs is 1. The van der Waals surface area contributed by atoms with Gasteiger partial charge in [0.1, 0.15) is 23.5 Å². The number of rotatable bonds is 5. The van der Waals surface area contributed by atoms with E-state index in [2.05, 4.69) is 6.58 Å². The predicted octanol–water partition coefficient (Wildman–Crippen LogP) is 7.58. The first kappa shape index (κ1) is 20.4. The Hall–Kier alpha value is -3.84. The smallest absolute Gasteiger partial charge is 0.141 e. The van der Waals surface area contributed by atoms with Crippen molar-refractivity contribution in [3.05, 3.63) is 108 Å². The molecule has 0 radical (unpaired) electrons. The van der Waals surface area contributed by atoms with E-state index in [1.807, 2.05) is 24.3 Å². The van der Waals surface area contributed by atoms with Gasteiger partial charge in [-0.2, -0.15) is 5.26 Å². The highest BCUT2D eigenvalue weighted by Crippen LogP contribution is 2.33. The van der Waals surface area contributed by atoms with E-state index in [4.69, 9.17) is 5.26 Å². The van der Waals surface area contributed by atoms with Gasteiger partial charge in [-0.1, -0.05) is 54.6 Å². The maximum atomic E-state index is 15.2. The molecule has 0 heterocycles. The number of nitrogens with zero attached hydrogens (tertiary/aromatic N) is 1. The van der Waals surface area contributed by atoms with Crippen molar-refractivity contribution in [1.29, 1.82) is 5.26 Å². The number of nitriles is 1. The molecule has 0 unspecified atom stereocenters. The Labute approximate surface area is 178 Å². The zero-order valence-corrected chi connectivity index (χ0v) is 16.6. The number of halogens is 3. The van der Waals surface area contributed by atoms with Crippen LogP contribution in [0.4, 0.5) is 13.2 Å². The summed E-state index contributed by atoms with van der Waals surface area (Å²) in [5.41, 5.74) is 2.18. The Morgan fingerprint density at radius 1 is 0.806 bits per heavy atom. The largest absolute Gasteiger partial charge is 0.206 e. The highest BCUT2D eigenvalue weighted by Gasteiger charge is 2.14. The summed E-state index contributed by atoms with van der Waals surface area (Å²) in [6.07, 6.45) is 3.53. The van der Waals surface area contributed by atoms with Crippen LogP contribution in [0, 0.1) is 28.8 Å². The minimum Gasteiger partial charge on any atom is -0.206 e. The zero-order chi connectivity index (χ0) is 22.0. The lowest BCUT2D eigenvalue weighted by atomic mass is 9.96. The van der Waals surface area contributed by atoms with Crippen LogP contribution < -0.4 is 0 Å². The van der Waals surface area contributed by atoms with E-state index >= 15 is 4.39 Å². The molecule has 0 bridgehead atoms. The van der Waals surface area contributed by atoms with Gasteiger partial charge >= 0.3 is 0 Å². The first-order valence-corrected chi connectivity index (χ1v) is 9.84. The first-order chi connectivity index (χ1) is 15.0. The van der Waals surface area contributed by atoms with E-state index in [1.54, 1.807) is 24.3 Å². The summed E-state index contributed by atoms with van der Waals surface area (Å²) in [4.78, 5) is 0. The van der Waals surface area contributed by atoms with Crippen LogP contribution in [0.15, 0.2) is 79.4 Å². The second kappa shape index (κ2) is 8.49. The summed E-state index contributed by atoms with van der Waals surface area (Å²) in [6.45, 7) is 3.72. The third kappa shape index (κ3) is 3.95.